The van der Waals surface area contributed by atoms with E-state index < -0.39 is 18.1 Å². The van der Waals surface area contributed by atoms with Gasteiger partial charge in [-0.1, -0.05) is 30.4 Å². The van der Waals surface area contributed by atoms with Gasteiger partial charge in [0, 0.05) is 11.6 Å². The van der Waals surface area contributed by atoms with Gasteiger partial charge in [-0.25, -0.2) is 9.98 Å². The second kappa shape index (κ2) is 10.6. The molecule has 0 N–H and O–H groups in total. The molecule has 40 heavy (non-hydrogen) atoms. The largest absolute Gasteiger partial charge is 0.573 e. The summed E-state index contributed by atoms with van der Waals surface area (Å²) in [5, 5.41) is 7.41. The van der Waals surface area contributed by atoms with Crippen molar-refractivity contribution in [2.45, 2.75) is 18.5 Å². The van der Waals surface area contributed by atoms with Gasteiger partial charge < -0.3 is 4.74 Å². The number of allylic oxidation sites excluding steroid dienone is 6. The molecule has 0 fully saturated rings. The Labute approximate surface area is 228 Å². The van der Waals surface area contributed by atoms with Crippen molar-refractivity contribution in [1.82, 2.24) is 9.55 Å². The Bertz CT molecular complexity index is 1610. The second-order valence-electron chi connectivity index (χ2n) is 8.51. The molecule has 0 amide bonds. The highest BCUT2D eigenvalue weighted by Crippen LogP contribution is 2.39. The van der Waals surface area contributed by atoms with Crippen LogP contribution in [0.4, 0.5) is 32.0 Å². The van der Waals surface area contributed by atoms with Crippen molar-refractivity contribution >= 4 is 29.6 Å². The molecule has 1 unspecified atom stereocenters. The molecule has 13 heteroatoms. The Morgan fingerprint density at radius 2 is 1.73 bits per heavy atom. The van der Waals surface area contributed by atoms with Crippen LogP contribution in [-0.4, -0.2) is 21.1 Å². The topological polar surface area (TPSA) is 64.1 Å². The minimum absolute atomic E-state index is 0.163. The number of alkyl halides is 6. The smallest absolute Gasteiger partial charge is 0.406 e. The number of aliphatic imine (C=N–C) groups is 1. The number of hydrogen-bond acceptors (Lipinski definition) is 4. The third kappa shape index (κ3) is 6.09. The number of benzene rings is 2. The molecule has 2 aliphatic rings. The molecule has 2 aromatic carbocycles. The zero-order chi connectivity index (χ0) is 28.5. The number of rotatable bonds is 4. The molecule has 0 saturated heterocycles. The second-order valence-corrected chi connectivity index (χ2v) is 8.91. The van der Waals surface area contributed by atoms with E-state index in [4.69, 9.17) is 0 Å². The molecule has 0 spiro atoms. The fourth-order valence-corrected chi connectivity index (χ4v) is 4.34. The Morgan fingerprint density at radius 3 is 2.45 bits per heavy atom. The van der Waals surface area contributed by atoms with E-state index in [2.05, 4.69) is 37.6 Å². The molecule has 3 aromatic rings. The lowest BCUT2D eigenvalue weighted by molar-refractivity contribution is -0.274. The Kier molecular flexibility index (Phi) is 7.23. The summed E-state index contributed by atoms with van der Waals surface area (Å²) in [4.78, 5) is 8.32. The van der Waals surface area contributed by atoms with Crippen molar-refractivity contribution in [2.24, 2.45) is 15.2 Å². The first-order valence-electron chi connectivity index (χ1n) is 11.5. The molecule has 1 atom stereocenters. The van der Waals surface area contributed by atoms with E-state index in [0.717, 1.165) is 23.0 Å². The van der Waals surface area contributed by atoms with Crippen molar-refractivity contribution in [3.63, 3.8) is 0 Å². The standard InChI is InChI=1S/C27H17F6N5OS/c28-26(29,30)21-3-1-2-4-22(21)36-25(40)37-35-14-16-5-11-20-17(13-16)6-12-23-24(20)34-15-38(23)18-7-9-19(10-8-18)39-27(31,32)33/h1-15,20H,(H,36,40)/b16-14+,37-35-. The molecule has 1 heterocycles. The summed E-state index contributed by atoms with van der Waals surface area (Å²) < 4.78 is 82.5. The predicted octanol–water partition coefficient (Wildman–Crippen LogP) is 8.35. The number of azo groups is 1. The van der Waals surface area contributed by atoms with Crippen LogP contribution in [0.5, 0.6) is 5.75 Å². The first kappa shape index (κ1) is 27.2. The van der Waals surface area contributed by atoms with Gasteiger partial charge >= 0.3 is 12.5 Å². The van der Waals surface area contributed by atoms with Crippen LogP contribution >= 0.6 is 12.6 Å². The van der Waals surface area contributed by atoms with Gasteiger partial charge in [0.25, 0.3) is 0 Å². The van der Waals surface area contributed by atoms with Gasteiger partial charge in [-0.2, -0.15) is 18.3 Å². The normalized spacial score (nSPS) is 18.2. The number of halogens is 6. The molecule has 0 radical (unpaired) electrons. The van der Waals surface area contributed by atoms with Gasteiger partial charge in [0.2, 0.25) is 5.17 Å². The molecule has 1 aromatic heterocycles. The van der Waals surface area contributed by atoms with E-state index in [1.54, 1.807) is 17.0 Å². The van der Waals surface area contributed by atoms with Crippen LogP contribution in [0.1, 0.15) is 22.9 Å². The highest BCUT2D eigenvalue weighted by Gasteiger charge is 2.33. The maximum atomic E-state index is 13.2. The van der Waals surface area contributed by atoms with Gasteiger partial charge in [-0.3, -0.25) is 4.57 Å². The Balaban J connectivity index is 1.31. The van der Waals surface area contributed by atoms with E-state index >= 15 is 0 Å². The summed E-state index contributed by atoms with van der Waals surface area (Å²) in [5.74, 6) is -0.482. The monoisotopic (exact) mass is 573 g/mol. The average Bonchev–Trinajstić information content (AvgIpc) is 3.32. The Hall–Kier alpha value is -4.39. The third-order valence-electron chi connectivity index (χ3n) is 5.87. The molecule has 0 saturated carbocycles. The first-order valence-corrected chi connectivity index (χ1v) is 12.0. The summed E-state index contributed by atoms with van der Waals surface area (Å²) in [5.41, 5.74) is 2.52. The van der Waals surface area contributed by atoms with Crippen molar-refractivity contribution in [1.29, 1.82) is 0 Å². The lowest BCUT2D eigenvalue weighted by Crippen LogP contribution is -2.17. The van der Waals surface area contributed by atoms with E-state index in [9.17, 15) is 26.3 Å². The van der Waals surface area contributed by atoms with Crippen LogP contribution in [0.25, 0.3) is 11.8 Å². The number of imidazole rings is 1. The van der Waals surface area contributed by atoms with Crippen LogP contribution in [0.15, 0.2) is 112 Å². The molecule has 5 rings (SSSR count). The number of nitrogens with zero attached hydrogens (tertiary/aromatic N) is 5. The molecule has 6 nitrogen and oxygen atoms in total. The van der Waals surface area contributed by atoms with Gasteiger partial charge in [0.1, 0.15) is 12.1 Å². The maximum absolute atomic E-state index is 13.2. The fraction of sp³-hybridized carbons (Fsp3) is 0.111. The maximum Gasteiger partial charge on any atom is 0.573 e. The van der Waals surface area contributed by atoms with Gasteiger partial charge in [0.05, 0.1) is 28.8 Å². The zero-order valence-electron chi connectivity index (χ0n) is 20.1. The molecule has 204 valence electrons. The van der Waals surface area contributed by atoms with E-state index in [1.165, 1.54) is 48.7 Å². The van der Waals surface area contributed by atoms with Crippen molar-refractivity contribution in [3.8, 4) is 11.4 Å². The fourth-order valence-electron chi connectivity index (χ4n) is 4.18. The highest BCUT2D eigenvalue weighted by atomic mass is 32.1. The van der Waals surface area contributed by atoms with Crippen molar-refractivity contribution < 1.29 is 31.1 Å². The number of para-hydroxylation sites is 1. The molecular weight excluding hydrogens is 556 g/mol. The van der Waals surface area contributed by atoms with Gasteiger partial charge in [0.15, 0.2) is 0 Å². The van der Waals surface area contributed by atoms with Crippen molar-refractivity contribution in [3.05, 3.63) is 113 Å². The molecular formula is C27H17F6N5OS. The van der Waals surface area contributed by atoms with Gasteiger partial charge in [-0.15, -0.1) is 30.9 Å². The predicted molar refractivity (Wildman–Crippen MR) is 140 cm³/mol. The SMILES string of the molecule is FC(F)(F)Oc1ccc(-n2cnc3c2C=CC2=C/C(=C/N=N\C(S)=N\c4ccccc4C(F)(F)F)C=CC23)cc1. The summed E-state index contributed by atoms with van der Waals surface area (Å²) in [6, 6.07) is 10.3. The number of thiol groups is 1. The van der Waals surface area contributed by atoms with Crippen LogP contribution in [-0.2, 0) is 6.18 Å². The highest BCUT2D eigenvalue weighted by molar-refractivity contribution is 7.96. The summed E-state index contributed by atoms with van der Waals surface area (Å²) in [6.45, 7) is 0. The van der Waals surface area contributed by atoms with Crippen LogP contribution < -0.4 is 4.74 Å². The molecule has 0 aliphatic heterocycles. The number of fused-ring (bicyclic) bond motifs is 3. The number of aromatic nitrogens is 2. The van der Waals surface area contributed by atoms with E-state index in [-0.39, 0.29) is 22.5 Å². The number of amidine groups is 1. The number of hydrogen-bond donors (Lipinski definition) is 1. The Morgan fingerprint density at radius 1 is 0.975 bits per heavy atom. The summed E-state index contributed by atoms with van der Waals surface area (Å²) in [6.07, 6.45) is 2.98. The lowest BCUT2D eigenvalue weighted by atomic mass is 9.84. The molecule has 2 aliphatic carbocycles. The minimum Gasteiger partial charge on any atom is -0.406 e. The van der Waals surface area contributed by atoms with Crippen LogP contribution in [0.2, 0.25) is 0 Å². The van der Waals surface area contributed by atoms with E-state index in [1.807, 2.05) is 24.3 Å². The van der Waals surface area contributed by atoms with E-state index in [0.29, 0.717) is 11.3 Å². The van der Waals surface area contributed by atoms with Gasteiger partial charge in [-0.05, 0) is 59.7 Å². The summed E-state index contributed by atoms with van der Waals surface area (Å²) >= 11 is 4.03. The average molecular weight is 574 g/mol. The quantitative estimate of drug-likeness (QED) is 0.112. The third-order valence-corrected chi connectivity index (χ3v) is 6.06. The minimum atomic E-state index is -4.77. The first-order chi connectivity index (χ1) is 19.0. The summed E-state index contributed by atoms with van der Waals surface area (Å²) in [7, 11) is 0. The van der Waals surface area contributed by atoms with Crippen LogP contribution in [0.3, 0.4) is 0 Å². The zero-order valence-corrected chi connectivity index (χ0v) is 21.0. The van der Waals surface area contributed by atoms with Crippen molar-refractivity contribution in [2.75, 3.05) is 0 Å². The number of ether oxygens (including phenoxy) is 1. The lowest BCUT2D eigenvalue weighted by Gasteiger charge is -2.22. The van der Waals surface area contributed by atoms with Crippen LogP contribution in [0, 0.1) is 0 Å². The molecule has 0 bridgehead atoms.